The first kappa shape index (κ1) is 16.4. The molecule has 0 aliphatic heterocycles. The molecule has 0 amide bonds. The average Bonchev–Trinajstić information content (AvgIpc) is 2.79. The summed E-state index contributed by atoms with van der Waals surface area (Å²) in [6.07, 6.45) is 0. The molecule has 0 radical (unpaired) electrons. The van der Waals surface area contributed by atoms with Gasteiger partial charge in [-0.3, -0.25) is 4.79 Å². The maximum absolute atomic E-state index is 12.0. The molecule has 0 saturated carbocycles. The molecule has 0 unspecified atom stereocenters. The molecule has 2 aromatic rings. The number of fused-ring (bicyclic) bond motifs is 1. The van der Waals surface area contributed by atoms with Gasteiger partial charge in [0.05, 0.1) is 6.61 Å². The number of carbonyl (C=O) groups excluding carboxylic acids is 1. The van der Waals surface area contributed by atoms with E-state index in [-0.39, 0.29) is 24.4 Å². The van der Waals surface area contributed by atoms with Crippen LogP contribution in [-0.2, 0) is 4.74 Å². The van der Waals surface area contributed by atoms with Crippen LogP contribution in [0.2, 0.25) is 0 Å². The fourth-order valence-electron chi connectivity index (χ4n) is 2.30. The van der Waals surface area contributed by atoms with Crippen molar-refractivity contribution < 1.29 is 9.53 Å². The molecule has 2 aromatic heterocycles. The molecule has 0 saturated heterocycles. The molecule has 2 heterocycles. The van der Waals surface area contributed by atoms with Crippen LogP contribution in [-0.4, -0.2) is 39.3 Å². The van der Waals surface area contributed by atoms with Gasteiger partial charge in [0.2, 0.25) is 10.1 Å². The van der Waals surface area contributed by atoms with E-state index in [9.17, 15) is 9.59 Å². The smallest absolute Gasteiger partial charge is 0.357 e. The summed E-state index contributed by atoms with van der Waals surface area (Å²) < 4.78 is 6.37. The van der Waals surface area contributed by atoms with E-state index in [2.05, 4.69) is 42.7 Å². The maximum Gasteiger partial charge on any atom is 0.357 e. The van der Waals surface area contributed by atoms with Crippen molar-refractivity contribution in [2.75, 3.05) is 11.5 Å². The van der Waals surface area contributed by atoms with Crippen molar-refractivity contribution in [1.82, 2.24) is 14.6 Å². The molecular weight excluding hydrogens is 304 g/mol. The molecule has 8 heteroatoms. The Morgan fingerprint density at radius 2 is 2.00 bits per heavy atom. The minimum Gasteiger partial charge on any atom is -0.461 e. The first-order valence-electron chi connectivity index (χ1n) is 7.21. The second kappa shape index (κ2) is 6.43. The number of aromatic nitrogens is 3. The van der Waals surface area contributed by atoms with Gasteiger partial charge in [0, 0.05) is 18.2 Å². The Kier molecular flexibility index (Phi) is 4.80. The highest BCUT2D eigenvalue weighted by Gasteiger charge is 2.22. The van der Waals surface area contributed by atoms with Crippen molar-refractivity contribution >= 4 is 27.4 Å². The number of rotatable bonds is 5. The Morgan fingerprint density at radius 1 is 1.36 bits per heavy atom. The number of anilines is 1. The molecule has 0 fully saturated rings. The van der Waals surface area contributed by atoms with Gasteiger partial charge >= 0.3 is 5.97 Å². The summed E-state index contributed by atoms with van der Waals surface area (Å²) in [7, 11) is 0. The molecule has 0 N–H and O–H groups in total. The lowest BCUT2D eigenvalue weighted by molar-refractivity contribution is 0.0516. The molecule has 0 spiro atoms. The SMILES string of the molecule is CCOC(=O)c1cc(=O)nc2sc(N(C(C)C)C(C)C)nn12. The van der Waals surface area contributed by atoms with Gasteiger partial charge < -0.3 is 9.64 Å². The predicted octanol–water partition coefficient (Wildman–Crippen LogP) is 1.95. The van der Waals surface area contributed by atoms with E-state index in [1.165, 1.54) is 15.9 Å². The summed E-state index contributed by atoms with van der Waals surface area (Å²) >= 11 is 1.28. The number of nitrogens with zero attached hydrogens (tertiary/aromatic N) is 4. The van der Waals surface area contributed by atoms with Crippen LogP contribution in [0.15, 0.2) is 10.9 Å². The largest absolute Gasteiger partial charge is 0.461 e. The number of esters is 1. The van der Waals surface area contributed by atoms with E-state index in [4.69, 9.17) is 4.74 Å². The lowest BCUT2D eigenvalue weighted by Crippen LogP contribution is -2.37. The lowest BCUT2D eigenvalue weighted by Gasteiger charge is -2.29. The number of ether oxygens (including phenoxy) is 1. The standard InChI is InChI=1S/C14H20N4O3S/c1-6-21-12(20)10-7-11(19)15-13-18(10)16-14(22-13)17(8(2)3)9(4)5/h7-9H,6H2,1-5H3. The summed E-state index contributed by atoms with van der Waals surface area (Å²) in [5.74, 6) is -0.575. The van der Waals surface area contributed by atoms with Crippen LogP contribution in [0.4, 0.5) is 5.13 Å². The average molecular weight is 324 g/mol. The maximum atomic E-state index is 12.0. The Balaban J connectivity index is 2.61. The van der Waals surface area contributed by atoms with Crippen LogP contribution in [0.3, 0.4) is 0 Å². The normalized spacial score (nSPS) is 11.4. The fourth-order valence-corrected chi connectivity index (χ4v) is 3.47. The van der Waals surface area contributed by atoms with Gasteiger partial charge in [0.1, 0.15) is 0 Å². The zero-order valence-electron chi connectivity index (χ0n) is 13.4. The van der Waals surface area contributed by atoms with Crippen LogP contribution in [0.25, 0.3) is 4.96 Å². The summed E-state index contributed by atoms with van der Waals surface area (Å²) in [6, 6.07) is 1.63. The minimum absolute atomic E-state index is 0.104. The zero-order chi connectivity index (χ0) is 16.4. The topological polar surface area (TPSA) is 76.8 Å². The van der Waals surface area contributed by atoms with Crippen molar-refractivity contribution in [1.29, 1.82) is 0 Å². The molecular formula is C14H20N4O3S. The van der Waals surface area contributed by atoms with E-state index in [0.29, 0.717) is 10.1 Å². The third kappa shape index (κ3) is 3.11. The first-order valence-corrected chi connectivity index (χ1v) is 8.03. The van der Waals surface area contributed by atoms with Gasteiger partial charge in [-0.15, -0.1) is 5.10 Å². The van der Waals surface area contributed by atoms with Crippen LogP contribution in [0.5, 0.6) is 0 Å². The monoisotopic (exact) mass is 324 g/mol. The predicted molar refractivity (Wildman–Crippen MR) is 85.8 cm³/mol. The Bertz CT molecular complexity index is 727. The molecule has 22 heavy (non-hydrogen) atoms. The summed E-state index contributed by atoms with van der Waals surface area (Å²) in [5, 5.41) is 5.18. The first-order chi connectivity index (χ1) is 10.3. The lowest BCUT2D eigenvalue weighted by atomic mass is 10.2. The highest BCUT2D eigenvalue weighted by atomic mass is 32.1. The Labute approximate surface area is 132 Å². The van der Waals surface area contributed by atoms with Crippen molar-refractivity contribution in [2.45, 2.75) is 46.7 Å². The summed E-state index contributed by atoms with van der Waals surface area (Å²) in [5.41, 5.74) is -0.370. The molecule has 7 nitrogen and oxygen atoms in total. The second-order valence-electron chi connectivity index (χ2n) is 5.37. The summed E-state index contributed by atoms with van der Waals surface area (Å²) in [6.45, 7) is 10.2. The van der Waals surface area contributed by atoms with Gasteiger partial charge in [-0.25, -0.2) is 4.79 Å². The minimum atomic E-state index is -0.575. The van der Waals surface area contributed by atoms with E-state index < -0.39 is 11.5 Å². The Morgan fingerprint density at radius 3 is 2.55 bits per heavy atom. The summed E-state index contributed by atoms with van der Waals surface area (Å²) in [4.78, 5) is 30.1. The number of hydrogen-bond acceptors (Lipinski definition) is 7. The fraction of sp³-hybridized carbons (Fsp3) is 0.571. The highest BCUT2D eigenvalue weighted by Crippen LogP contribution is 2.26. The van der Waals surface area contributed by atoms with Gasteiger partial charge in [-0.1, -0.05) is 11.3 Å². The van der Waals surface area contributed by atoms with Crippen molar-refractivity contribution in [3.63, 3.8) is 0 Å². The van der Waals surface area contributed by atoms with Gasteiger partial charge in [-0.05, 0) is 34.6 Å². The van der Waals surface area contributed by atoms with Crippen LogP contribution in [0.1, 0.15) is 45.1 Å². The van der Waals surface area contributed by atoms with Crippen molar-refractivity contribution in [2.24, 2.45) is 0 Å². The van der Waals surface area contributed by atoms with E-state index >= 15 is 0 Å². The van der Waals surface area contributed by atoms with E-state index in [0.717, 1.165) is 6.07 Å². The van der Waals surface area contributed by atoms with Crippen LogP contribution >= 0.6 is 11.3 Å². The van der Waals surface area contributed by atoms with E-state index in [1.807, 2.05) is 0 Å². The highest BCUT2D eigenvalue weighted by molar-refractivity contribution is 7.20. The molecule has 0 aliphatic carbocycles. The van der Waals surface area contributed by atoms with Gasteiger partial charge in [0.25, 0.3) is 5.56 Å². The van der Waals surface area contributed by atoms with Crippen LogP contribution < -0.4 is 10.5 Å². The quantitative estimate of drug-likeness (QED) is 0.782. The Hall–Kier alpha value is -1.96. The third-order valence-corrected chi connectivity index (χ3v) is 3.98. The number of carbonyl (C=O) groups is 1. The third-order valence-electron chi connectivity index (χ3n) is 3.06. The zero-order valence-corrected chi connectivity index (χ0v) is 14.2. The molecule has 0 bridgehead atoms. The van der Waals surface area contributed by atoms with Crippen molar-refractivity contribution in [3.8, 4) is 0 Å². The molecule has 0 atom stereocenters. The molecule has 0 aromatic carbocycles. The van der Waals surface area contributed by atoms with Crippen LogP contribution in [0, 0.1) is 0 Å². The van der Waals surface area contributed by atoms with Gasteiger partial charge in [-0.2, -0.15) is 9.50 Å². The molecule has 0 aliphatic rings. The molecule has 120 valence electrons. The van der Waals surface area contributed by atoms with Crippen molar-refractivity contribution in [3.05, 3.63) is 22.1 Å². The van der Waals surface area contributed by atoms with Gasteiger partial charge in [0.15, 0.2) is 5.69 Å². The molecule has 2 rings (SSSR count). The second-order valence-corrected chi connectivity index (χ2v) is 6.31. The van der Waals surface area contributed by atoms with E-state index in [1.54, 1.807) is 6.92 Å². The number of hydrogen-bond donors (Lipinski definition) is 0.